The maximum Gasteiger partial charge on any atom is 0.0726 e. The van der Waals surface area contributed by atoms with Gasteiger partial charge in [-0.05, 0) is 121 Å². The second-order valence-corrected chi connectivity index (χ2v) is 17.6. The molecule has 1 aromatic heterocycles. The first-order valence-corrected chi connectivity index (χ1v) is 23.2. The topological polar surface area (TPSA) is 8.17 Å². The standard InChI is InChI=1S/C65H44N2/c1-5-19-47(20-6-1)63-57-41-37-46(43-62(57)67(50-25-11-4-12-26-50)64(63)48-21-7-2-8-22-48)34-33-45-35-38-51(39-36-45)66(49-23-9-3-10-24-49)52-40-42-56-55-29-15-18-32-60(55)65(61(56)44-52)58-30-16-13-27-53(58)54-28-14-17-31-59(54)65/h1-44H. The van der Waals surface area contributed by atoms with Crippen LogP contribution in [0.2, 0.25) is 0 Å². The molecule has 0 fully saturated rings. The van der Waals surface area contributed by atoms with Crippen molar-refractivity contribution in [3.63, 3.8) is 0 Å². The molecule has 0 radical (unpaired) electrons. The van der Waals surface area contributed by atoms with E-state index in [0.29, 0.717) is 0 Å². The molecule has 2 nitrogen and oxygen atoms in total. The highest BCUT2D eigenvalue weighted by Gasteiger charge is 2.51. The molecule has 314 valence electrons. The first kappa shape index (κ1) is 38.7. The summed E-state index contributed by atoms with van der Waals surface area (Å²) in [5.41, 5.74) is 22.9. The summed E-state index contributed by atoms with van der Waals surface area (Å²) < 4.78 is 2.43. The molecular formula is C65H44N2. The average molecular weight is 853 g/mol. The Labute approximate surface area is 391 Å². The fraction of sp³-hybridized carbons (Fsp3) is 0.0154. The lowest BCUT2D eigenvalue weighted by atomic mass is 9.70. The number of benzene rings is 10. The Bertz CT molecular complexity index is 3600. The number of anilines is 3. The van der Waals surface area contributed by atoms with Crippen LogP contribution in [0.3, 0.4) is 0 Å². The molecule has 0 N–H and O–H groups in total. The molecule has 2 heteroatoms. The molecule has 1 heterocycles. The van der Waals surface area contributed by atoms with Crippen molar-refractivity contribution in [3.05, 3.63) is 288 Å². The predicted molar refractivity (Wildman–Crippen MR) is 280 cm³/mol. The van der Waals surface area contributed by atoms with E-state index in [-0.39, 0.29) is 0 Å². The second-order valence-electron chi connectivity index (χ2n) is 17.6. The molecule has 0 atom stereocenters. The van der Waals surface area contributed by atoms with Crippen LogP contribution in [0.15, 0.2) is 255 Å². The van der Waals surface area contributed by atoms with Gasteiger partial charge in [0, 0.05) is 33.7 Å². The Morgan fingerprint density at radius 3 is 1.42 bits per heavy atom. The monoisotopic (exact) mass is 852 g/mol. The van der Waals surface area contributed by atoms with Crippen LogP contribution in [0.25, 0.3) is 73.4 Å². The van der Waals surface area contributed by atoms with Gasteiger partial charge in [0.25, 0.3) is 0 Å². The zero-order valence-corrected chi connectivity index (χ0v) is 36.8. The second kappa shape index (κ2) is 15.8. The molecule has 0 saturated heterocycles. The summed E-state index contributed by atoms with van der Waals surface area (Å²) in [4.78, 5) is 2.40. The third kappa shape index (κ3) is 6.11. The van der Waals surface area contributed by atoms with Gasteiger partial charge in [-0.15, -0.1) is 0 Å². The van der Waals surface area contributed by atoms with Crippen molar-refractivity contribution in [3.8, 4) is 50.3 Å². The van der Waals surface area contributed by atoms with E-state index in [2.05, 4.69) is 276 Å². The number of hydrogen-bond donors (Lipinski definition) is 0. The van der Waals surface area contributed by atoms with Gasteiger partial charge in [-0.25, -0.2) is 0 Å². The fourth-order valence-corrected chi connectivity index (χ4v) is 11.2. The highest BCUT2D eigenvalue weighted by Crippen LogP contribution is 2.63. The first-order valence-electron chi connectivity index (χ1n) is 23.2. The van der Waals surface area contributed by atoms with Gasteiger partial charge in [0.15, 0.2) is 0 Å². The van der Waals surface area contributed by atoms with Crippen molar-refractivity contribution in [2.75, 3.05) is 4.90 Å². The fourth-order valence-electron chi connectivity index (χ4n) is 11.2. The highest BCUT2D eigenvalue weighted by molar-refractivity contribution is 6.06. The molecule has 2 aliphatic rings. The van der Waals surface area contributed by atoms with E-state index in [1.54, 1.807) is 0 Å². The minimum atomic E-state index is -0.413. The lowest BCUT2D eigenvalue weighted by molar-refractivity contribution is 0.793. The Balaban J connectivity index is 0.902. The van der Waals surface area contributed by atoms with Crippen LogP contribution in [0.5, 0.6) is 0 Å². The molecule has 10 aromatic carbocycles. The zero-order chi connectivity index (χ0) is 44.3. The smallest absolute Gasteiger partial charge is 0.0726 e. The van der Waals surface area contributed by atoms with Gasteiger partial charge in [0.2, 0.25) is 0 Å². The van der Waals surface area contributed by atoms with Gasteiger partial charge in [-0.2, -0.15) is 0 Å². The summed E-state index contributed by atoms with van der Waals surface area (Å²) in [5, 5.41) is 1.22. The average Bonchev–Trinajstić information content (AvgIpc) is 4.01. The highest BCUT2D eigenvalue weighted by atomic mass is 15.1. The quantitative estimate of drug-likeness (QED) is 0.138. The third-order valence-corrected chi connectivity index (χ3v) is 14.0. The largest absolute Gasteiger partial charge is 0.310 e. The van der Waals surface area contributed by atoms with Crippen LogP contribution in [-0.4, -0.2) is 4.57 Å². The Morgan fingerprint density at radius 1 is 0.343 bits per heavy atom. The molecule has 0 bridgehead atoms. The summed E-state index contributed by atoms with van der Waals surface area (Å²) in [6.45, 7) is 0. The van der Waals surface area contributed by atoms with Crippen LogP contribution in [0, 0.1) is 0 Å². The summed E-state index contributed by atoms with van der Waals surface area (Å²) >= 11 is 0. The molecular weight excluding hydrogens is 809 g/mol. The van der Waals surface area contributed by atoms with E-state index in [0.717, 1.165) is 33.9 Å². The van der Waals surface area contributed by atoms with E-state index in [4.69, 9.17) is 0 Å². The van der Waals surface area contributed by atoms with Crippen LogP contribution >= 0.6 is 0 Å². The van der Waals surface area contributed by atoms with Gasteiger partial charge in [-0.3, -0.25) is 0 Å². The number of aromatic nitrogens is 1. The molecule has 0 amide bonds. The van der Waals surface area contributed by atoms with E-state index >= 15 is 0 Å². The first-order chi connectivity index (χ1) is 33.3. The summed E-state index contributed by atoms with van der Waals surface area (Å²) in [7, 11) is 0. The van der Waals surface area contributed by atoms with Gasteiger partial charge in [0.1, 0.15) is 0 Å². The Hall–Kier alpha value is -8.72. The third-order valence-electron chi connectivity index (χ3n) is 14.0. The molecule has 11 aromatic rings. The van der Waals surface area contributed by atoms with Crippen molar-refractivity contribution in [1.29, 1.82) is 0 Å². The number of para-hydroxylation sites is 2. The maximum atomic E-state index is 2.46. The van der Waals surface area contributed by atoms with E-state index in [9.17, 15) is 0 Å². The molecule has 1 spiro atoms. The summed E-state index contributed by atoms with van der Waals surface area (Å²) in [5.74, 6) is 0. The van der Waals surface area contributed by atoms with E-state index < -0.39 is 5.41 Å². The van der Waals surface area contributed by atoms with Crippen molar-refractivity contribution in [2.45, 2.75) is 5.41 Å². The minimum Gasteiger partial charge on any atom is -0.310 e. The SMILES string of the molecule is C(=Cc1ccc2c(-c3ccccc3)c(-c3ccccc3)n(-c3ccccc3)c2c1)c1ccc(N(c2ccccc2)c2ccc3c(c2)C2(c4ccccc4-c4ccccc42)c2ccccc2-3)cc1. The van der Waals surface area contributed by atoms with Gasteiger partial charge in [-0.1, -0.05) is 212 Å². The van der Waals surface area contributed by atoms with Crippen molar-refractivity contribution < 1.29 is 0 Å². The van der Waals surface area contributed by atoms with Gasteiger partial charge >= 0.3 is 0 Å². The lowest BCUT2D eigenvalue weighted by Gasteiger charge is -2.32. The van der Waals surface area contributed by atoms with E-state index in [1.165, 1.54) is 77.8 Å². The Kier molecular flexibility index (Phi) is 9.11. The molecule has 2 aliphatic carbocycles. The minimum absolute atomic E-state index is 0.413. The normalized spacial score (nSPS) is 12.8. The molecule has 0 unspecified atom stereocenters. The van der Waals surface area contributed by atoms with Crippen LogP contribution in [0.4, 0.5) is 17.1 Å². The maximum absolute atomic E-state index is 2.46. The van der Waals surface area contributed by atoms with Crippen LogP contribution in [-0.2, 0) is 5.41 Å². The van der Waals surface area contributed by atoms with Gasteiger partial charge in [0.05, 0.1) is 16.6 Å². The summed E-state index contributed by atoms with van der Waals surface area (Å²) in [6.07, 6.45) is 4.47. The van der Waals surface area contributed by atoms with Crippen molar-refractivity contribution >= 4 is 40.1 Å². The number of rotatable bonds is 8. The molecule has 0 saturated carbocycles. The van der Waals surface area contributed by atoms with Crippen LogP contribution < -0.4 is 4.90 Å². The van der Waals surface area contributed by atoms with Crippen LogP contribution in [0.1, 0.15) is 33.4 Å². The molecule has 13 rings (SSSR count). The predicted octanol–water partition coefficient (Wildman–Crippen LogP) is 16.9. The Morgan fingerprint density at radius 2 is 0.806 bits per heavy atom. The number of fused-ring (bicyclic) bond motifs is 11. The number of hydrogen-bond acceptors (Lipinski definition) is 1. The lowest BCUT2D eigenvalue weighted by Crippen LogP contribution is -2.26. The van der Waals surface area contributed by atoms with Crippen molar-refractivity contribution in [1.82, 2.24) is 4.57 Å². The van der Waals surface area contributed by atoms with Gasteiger partial charge < -0.3 is 9.47 Å². The molecule has 67 heavy (non-hydrogen) atoms. The zero-order valence-electron chi connectivity index (χ0n) is 36.8. The molecule has 0 aliphatic heterocycles. The summed E-state index contributed by atoms with van der Waals surface area (Å²) in [6, 6.07) is 93.1. The number of nitrogens with zero attached hydrogens (tertiary/aromatic N) is 2. The van der Waals surface area contributed by atoms with Crippen molar-refractivity contribution in [2.24, 2.45) is 0 Å². The van der Waals surface area contributed by atoms with E-state index in [1.807, 2.05) is 0 Å².